The minimum Gasteiger partial charge on any atom is -0.103 e. The Morgan fingerprint density at radius 2 is 1.84 bits per heavy atom. The van der Waals surface area contributed by atoms with Gasteiger partial charge in [-0.05, 0) is 35.4 Å². The number of rotatable bonds is 7. The molecule has 0 saturated heterocycles. The molecular formula is C16H21N3. The van der Waals surface area contributed by atoms with Crippen LogP contribution in [0.3, 0.4) is 0 Å². The molecule has 3 heteroatoms. The summed E-state index contributed by atoms with van der Waals surface area (Å²) < 4.78 is 0. The number of hydrogen-bond donors (Lipinski definition) is 0. The van der Waals surface area contributed by atoms with Gasteiger partial charge in [0.2, 0.25) is 0 Å². The van der Waals surface area contributed by atoms with E-state index in [4.69, 9.17) is 5.53 Å². The first-order valence-electron chi connectivity index (χ1n) is 6.48. The molecule has 0 unspecified atom stereocenters. The molecule has 0 amide bonds. The molecule has 0 aliphatic rings. The molecule has 0 aromatic heterocycles. The fourth-order valence-corrected chi connectivity index (χ4v) is 2.43. The Kier molecular flexibility index (Phi) is 5.40. The van der Waals surface area contributed by atoms with Gasteiger partial charge < -0.3 is 0 Å². The second kappa shape index (κ2) is 6.81. The Morgan fingerprint density at radius 3 is 2.32 bits per heavy atom. The van der Waals surface area contributed by atoms with Crippen molar-refractivity contribution in [2.45, 2.75) is 38.1 Å². The minimum atomic E-state index is -0.612. The predicted octanol–water partition coefficient (Wildman–Crippen LogP) is 5.47. The van der Waals surface area contributed by atoms with Crippen LogP contribution in [-0.2, 0) is 5.54 Å². The highest BCUT2D eigenvalue weighted by molar-refractivity contribution is 5.37. The summed E-state index contributed by atoms with van der Waals surface area (Å²) in [5, 5.41) is 4.09. The summed E-state index contributed by atoms with van der Waals surface area (Å²) >= 11 is 0. The van der Waals surface area contributed by atoms with Gasteiger partial charge >= 0.3 is 0 Å². The van der Waals surface area contributed by atoms with Crippen molar-refractivity contribution in [1.82, 2.24) is 0 Å². The topological polar surface area (TPSA) is 48.8 Å². The number of hydrogen-bond acceptors (Lipinski definition) is 1. The smallest absolute Gasteiger partial charge is 0.0809 e. The molecule has 1 aromatic rings. The van der Waals surface area contributed by atoms with Crippen molar-refractivity contribution in [2.24, 2.45) is 5.11 Å². The zero-order valence-electron chi connectivity index (χ0n) is 11.7. The molecule has 19 heavy (non-hydrogen) atoms. The SMILES string of the molecule is C=CCC(CC=C)(N=[N+]=[N-])c1ccccc1C(C)C. The highest BCUT2D eigenvalue weighted by atomic mass is 15.2. The van der Waals surface area contributed by atoms with Crippen LogP contribution in [0.2, 0.25) is 0 Å². The zero-order chi connectivity index (χ0) is 14.3. The maximum Gasteiger partial charge on any atom is 0.0809 e. The maximum absolute atomic E-state index is 8.94. The Balaban J connectivity index is 3.50. The quantitative estimate of drug-likeness (QED) is 0.268. The van der Waals surface area contributed by atoms with Gasteiger partial charge in [-0.2, -0.15) is 0 Å². The fourth-order valence-electron chi connectivity index (χ4n) is 2.43. The van der Waals surface area contributed by atoms with Gasteiger partial charge in [-0.3, -0.25) is 0 Å². The van der Waals surface area contributed by atoms with Gasteiger partial charge in [-0.1, -0.05) is 55.4 Å². The van der Waals surface area contributed by atoms with Crippen molar-refractivity contribution in [3.05, 3.63) is 71.1 Å². The van der Waals surface area contributed by atoms with Crippen molar-refractivity contribution < 1.29 is 0 Å². The third kappa shape index (κ3) is 3.27. The third-order valence-electron chi connectivity index (χ3n) is 3.28. The molecule has 0 radical (unpaired) electrons. The van der Waals surface area contributed by atoms with Gasteiger partial charge in [0, 0.05) is 4.91 Å². The van der Waals surface area contributed by atoms with Crippen LogP contribution < -0.4 is 0 Å². The highest BCUT2D eigenvalue weighted by Gasteiger charge is 2.31. The summed E-state index contributed by atoms with van der Waals surface area (Å²) in [5.41, 5.74) is 10.6. The van der Waals surface area contributed by atoms with Crippen molar-refractivity contribution in [2.75, 3.05) is 0 Å². The van der Waals surface area contributed by atoms with E-state index in [1.807, 2.05) is 18.2 Å². The van der Waals surface area contributed by atoms with Gasteiger partial charge in [0.15, 0.2) is 0 Å². The van der Waals surface area contributed by atoms with E-state index in [0.717, 1.165) is 5.56 Å². The van der Waals surface area contributed by atoms with Crippen molar-refractivity contribution in [3.63, 3.8) is 0 Å². The van der Waals surface area contributed by atoms with Crippen molar-refractivity contribution in [3.8, 4) is 0 Å². The summed E-state index contributed by atoms with van der Waals surface area (Å²) in [4.78, 5) is 3.05. The van der Waals surface area contributed by atoms with E-state index in [-0.39, 0.29) is 0 Å². The predicted molar refractivity (Wildman–Crippen MR) is 81.0 cm³/mol. The molecule has 3 nitrogen and oxygen atoms in total. The van der Waals surface area contributed by atoms with Crippen LogP contribution in [0, 0.1) is 0 Å². The Hall–Kier alpha value is -1.99. The van der Waals surface area contributed by atoms with Crippen LogP contribution in [0.1, 0.15) is 43.7 Å². The summed E-state index contributed by atoms with van der Waals surface area (Å²) in [6, 6.07) is 8.13. The van der Waals surface area contributed by atoms with E-state index >= 15 is 0 Å². The van der Waals surface area contributed by atoms with E-state index < -0.39 is 5.54 Å². The van der Waals surface area contributed by atoms with Crippen LogP contribution in [0.4, 0.5) is 0 Å². The standard InChI is InChI=1S/C16H21N3/c1-5-11-16(12-6-2,18-19-17)15-10-8-7-9-14(15)13(3)4/h5-10,13H,1-2,11-12H2,3-4H3. The fraction of sp³-hybridized carbons (Fsp3) is 0.375. The first-order chi connectivity index (χ1) is 9.11. The summed E-state index contributed by atoms with van der Waals surface area (Å²) in [7, 11) is 0. The van der Waals surface area contributed by atoms with Crippen LogP contribution in [0.5, 0.6) is 0 Å². The number of azide groups is 1. The molecule has 0 aliphatic carbocycles. The van der Waals surface area contributed by atoms with E-state index in [2.05, 4.69) is 43.1 Å². The molecule has 0 spiro atoms. The molecule has 0 N–H and O–H groups in total. The second-order valence-corrected chi connectivity index (χ2v) is 4.95. The average Bonchev–Trinajstić information content (AvgIpc) is 2.39. The molecule has 0 bridgehead atoms. The van der Waals surface area contributed by atoms with Gasteiger partial charge in [0.1, 0.15) is 0 Å². The lowest BCUT2D eigenvalue weighted by atomic mass is 9.79. The van der Waals surface area contributed by atoms with Crippen molar-refractivity contribution in [1.29, 1.82) is 0 Å². The van der Waals surface area contributed by atoms with Gasteiger partial charge in [-0.25, -0.2) is 0 Å². The summed E-state index contributed by atoms with van der Waals surface area (Å²) in [6.07, 6.45) is 4.81. The number of benzene rings is 1. The summed E-state index contributed by atoms with van der Waals surface area (Å²) in [6.45, 7) is 11.9. The average molecular weight is 255 g/mol. The molecule has 0 aliphatic heterocycles. The lowest BCUT2D eigenvalue weighted by molar-refractivity contribution is 0.448. The molecule has 0 heterocycles. The van der Waals surface area contributed by atoms with Crippen LogP contribution >= 0.6 is 0 Å². The normalized spacial score (nSPS) is 10.9. The largest absolute Gasteiger partial charge is 0.103 e. The Morgan fingerprint density at radius 1 is 1.26 bits per heavy atom. The molecule has 100 valence electrons. The van der Waals surface area contributed by atoms with E-state index in [0.29, 0.717) is 18.8 Å². The lowest BCUT2D eigenvalue weighted by Crippen LogP contribution is -2.23. The molecule has 0 fully saturated rings. The molecule has 1 rings (SSSR count). The molecule has 0 atom stereocenters. The lowest BCUT2D eigenvalue weighted by Gasteiger charge is -2.30. The Labute approximate surface area is 115 Å². The Bertz CT molecular complexity index is 486. The maximum atomic E-state index is 8.94. The van der Waals surface area contributed by atoms with E-state index in [9.17, 15) is 0 Å². The first-order valence-corrected chi connectivity index (χ1v) is 6.48. The monoisotopic (exact) mass is 255 g/mol. The highest BCUT2D eigenvalue weighted by Crippen LogP contribution is 2.38. The minimum absolute atomic E-state index is 0.374. The first kappa shape index (κ1) is 15.1. The molecule has 1 aromatic carbocycles. The third-order valence-corrected chi connectivity index (χ3v) is 3.28. The molecular weight excluding hydrogens is 234 g/mol. The molecule has 0 saturated carbocycles. The van der Waals surface area contributed by atoms with Crippen LogP contribution in [-0.4, -0.2) is 0 Å². The van der Waals surface area contributed by atoms with Gasteiger partial charge in [0.05, 0.1) is 5.54 Å². The summed E-state index contributed by atoms with van der Waals surface area (Å²) in [5.74, 6) is 0.374. The van der Waals surface area contributed by atoms with E-state index in [1.165, 1.54) is 5.56 Å². The van der Waals surface area contributed by atoms with Crippen molar-refractivity contribution >= 4 is 0 Å². The van der Waals surface area contributed by atoms with Crippen LogP contribution in [0.15, 0.2) is 54.7 Å². The van der Waals surface area contributed by atoms with Gasteiger partial charge in [-0.15, -0.1) is 13.2 Å². The van der Waals surface area contributed by atoms with E-state index in [1.54, 1.807) is 12.2 Å². The second-order valence-electron chi connectivity index (χ2n) is 4.95. The van der Waals surface area contributed by atoms with Crippen LogP contribution in [0.25, 0.3) is 10.4 Å². The van der Waals surface area contributed by atoms with Gasteiger partial charge in [0.25, 0.3) is 0 Å². The number of nitrogens with zero attached hydrogens (tertiary/aromatic N) is 3. The zero-order valence-corrected chi connectivity index (χ0v) is 11.7.